The number of benzene rings is 1. The van der Waals surface area contributed by atoms with E-state index in [9.17, 15) is 0 Å². The van der Waals surface area contributed by atoms with E-state index >= 15 is 0 Å². The van der Waals surface area contributed by atoms with Crippen LogP contribution in [0.25, 0.3) is 10.9 Å². The minimum Gasteiger partial charge on any atom is -0.497 e. The molecule has 2 saturated heterocycles. The van der Waals surface area contributed by atoms with Crippen LogP contribution in [-0.4, -0.2) is 38.4 Å². The molecule has 25 heavy (non-hydrogen) atoms. The molecule has 0 radical (unpaired) electrons. The van der Waals surface area contributed by atoms with Crippen LogP contribution in [0.2, 0.25) is 0 Å². The molecule has 2 unspecified atom stereocenters. The van der Waals surface area contributed by atoms with Crippen LogP contribution >= 0.6 is 0 Å². The SMILES string of the molecule is COc1ccc2c(N3CCCCC(C4CCOC4)C3)cc(C)nc2c1. The molecule has 2 atom stereocenters. The maximum atomic E-state index is 5.66. The number of nitrogens with zero attached hydrogens (tertiary/aromatic N) is 2. The van der Waals surface area contributed by atoms with E-state index in [1.165, 1.54) is 36.8 Å². The van der Waals surface area contributed by atoms with Gasteiger partial charge >= 0.3 is 0 Å². The molecule has 0 saturated carbocycles. The monoisotopic (exact) mass is 340 g/mol. The molecular formula is C21H28N2O2. The molecule has 4 heteroatoms. The number of hydrogen-bond donors (Lipinski definition) is 0. The van der Waals surface area contributed by atoms with E-state index in [-0.39, 0.29) is 0 Å². The van der Waals surface area contributed by atoms with Crippen molar-refractivity contribution >= 4 is 16.6 Å². The molecule has 2 fully saturated rings. The van der Waals surface area contributed by atoms with Crippen molar-refractivity contribution in [1.82, 2.24) is 4.98 Å². The number of fused-ring (bicyclic) bond motifs is 1. The van der Waals surface area contributed by atoms with Crippen LogP contribution in [0.1, 0.15) is 31.4 Å². The van der Waals surface area contributed by atoms with E-state index in [1.54, 1.807) is 7.11 Å². The van der Waals surface area contributed by atoms with Crippen molar-refractivity contribution in [3.8, 4) is 5.75 Å². The van der Waals surface area contributed by atoms with Gasteiger partial charge in [-0.1, -0.05) is 6.42 Å². The van der Waals surface area contributed by atoms with Gasteiger partial charge in [0.05, 0.1) is 12.6 Å². The van der Waals surface area contributed by atoms with Crippen LogP contribution in [0.3, 0.4) is 0 Å². The fourth-order valence-electron chi connectivity index (χ4n) is 4.41. The molecule has 1 aromatic heterocycles. The van der Waals surface area contributed by atoms with Gasteiger partial charge in [-0.15, -0.1) is 0 Å². The standard InChI is InChI=1S/C21H28N2O2/c1-15-11-21(19-7-6-18(24-2)12-20(19)22-15)23-9-4-3-5-16(13-23)17-8-10-25-14-17/h6-7,11-12,16-17H,3-5,8-10,13-14H2,1-2H3. The van der Waals surface area contributed by atoms with Gasteiger partial charge in [-0.25, -0.2) is 0 Å². The summed E-state index contributed by atoms with van der Waals surface area (Å²) in [7, 11) is 1.71. The third-order valence-electron chi connectivity index (χ3n) is 5.80. The third-order valence-corrected chi connectivity index (χ3v) is 5.80. The highest BCUT2D eigenvalue weighted by Crippen LogP contribution is 2.35. The van der Waals surface area contributed by atoms with Crippen molar-refractivity contribution in [1.29, 1.82) is 0 Å². The zero-order valence-electron chi connectivity index (χ0n) is 15.3. The van der Waals surface area contributed by atoms with Gasteiger partial charge in [-0.3, -0.25) is 4.98 Å². The van der Waals surface area contributed by atoms with Crippen molar-refractivity contribution in [2.45, 2.75) is 32.6 Å². The molecule has 0 spiro atoms. The van der Waals surface area contributed by atoms with E-state index in [0.717, 1.165) is 55.1 Å². The lowest BCUT2D eigenvalue weighted by molar-refractivity contribution is 0.171. The van der Waals surface area contributed by atoms with E-state index in [2.05, 4.69) is 24.0 Å². The number of hydrogen-bond acceptors (Lipinski definition) is 4. The van der Waals surface area contributed by atoms with Gasteiger partial charge in [0, 0.05) is 49.1 Å². The third kappa shape index (κ3) is 3.45. The Morgan fingerprint density at radius 2 is 2.08 bits per heavy atom. The Hall–Kier alpha value is -1.81. The predicted molar refractivity (Wildman–Crippen MR) is 102 cm³/mol. The Morgan fingerprint density at radius 1 is 1.16 bits per heavy atom. The van der Waals surface area contributed by atoms with Crippen LogP contribution in [0.4, 0.5) is 5.69 Å². The second-order valence-corrected chi connectivity index (χ2v) is 7.49. The summed E-state index contributed by atoms with van der Waals surface area (Å²) in [6, 6.07) is 8.51. The summed E-state index contributed by atoms with van der Waals surface area (Å²) in [4.78, 5) is 7.33. The first kappa shape index (κ1) is 16.6. The molecule has 2 aliphatic rings. The fraction of sp³-hybridized carbons (Fsp3) is 0.571. The van der Waals surface area contributed by atoms with Gasteiger partial charge in [0.25, 0.3) is 0 Å². The highest BCUT2D eigenvalue weighted by Gasteiger charge is 2.29. The summed E-state index contributed by atoms with van der Waals surface area (Å²) in [6.07, 6.45) is 5.16. The van der Waals surface area contributed by atoms with Crippen molar-refractivity contribution in [2.75, 3.05) is 38.3 Å². The zero-order chi connectivity index (χ0) is 17.2. The van der Waals surface area contributed by atoms with Gasteiger partial charge in [0.15, 0.2) is 0 Å². The first-order chi connectivity index (χ1) is 12.2. The van der Waals surface area contributed by atoms with Gasteiger partial charge < -0.3 is 14.4 Å². The highest BCUT2D eigenvalue weighted by atomic mass is 16.5. The number of anilines is 1. The Morgan fingerprint density at radius 3 is 2.88 bits per heavy atom. The van der Waals surface area contributed by atoms with Crippen LogP contribution in [-0.2, 0) is 4.74 Å². The second-order valence-electron chi connectivity index (χ2n) is 7.49. The Balaban J connectivity index is 1.69. The van der Waals surface area contributed by atoms with Gasteiger partial charge in [-0.05, 0) is 56.2 Å². The minimum absolute atomic E-state index is 0.731. The maximum absolute atomic E-state index is 5.66. The molecule has 0 aliphatic carbocycles. The summed E-state index contributed by atoms with van der Waals surface area (Å²) in [6.45, 7) is 6.25. The zero-order valence-corrected chi connectivity index (χ0v) is 15.3. The molecule has 3 heterocycles. The first-order valence-electron chi connectivity index (χ1n) is 9.52. The van der Waals surface area contributed by atoms with Crippen molar-refractivity contribution in [2.24, 2.45) is 11.8 Å². The second kappa shape index (κ2) is 7.20. The normalized spacial score (nSPS) is 24.5. The molecule has 1 aromatic carbocycles. The van der Waals surface area contributed by atoms with Crippen LogP contribution < -0.4 is 9.64 Å². The molecule has 0 bridgehead atoms. The smallest absolute Gasteiger partial charge is 0.121 e. The van der Waals surface area contributed by atoms with Crippen LogP contribution in [0.15, 0.2) is 24.3 Å². The molecule has 134 valence electrons. The van der Waals surface area contributed by atoms with E-state index in [0.29, 0.717) is 0 Å². The van der Waals surface area contributed by atoms with E-state index in [1.807, 2.05) is 12.1 Å². The fourth-order valence-corrected chi connectivity index (χ4v) is 4.41. The van der Waals surface area contributed by atoms with Gasteiger partial charge in [0.1, 0.15) is 5.75 Å². The average Bonchev–Trinajstić information content (AvgIpc) is 3.05. The van der Waals surface area contributed by atoms with Gasteiger partial charge in [-0.2, -0.15) is 0 Å². The first-order valence-corrected chi connectivity index (χ1v) is 9.52. The number of aromatic nitrogens is 1. The minimum atomic E-state index is 0.731. The largest absolute Gasteiger partial charge is 0.497 e. The Bertz CT molecular complexity index is 740. The number of rotatable bonds is 3. The number of aryl methyl sites for hydroxylation is 1. The lowest BCUT2D eigenvalue weighted by atomic mass is 9.88. The van der Waals surface area contributed by atoms with E-state index in [4.69, 9.17) is 14.5 Å². The maximum Gasteiger partial charge on any atom is 0.121 e. The highest BCUT2D eigenvalue weighted by molar-refractivity contribution is 5.92. The molecule has 4 rings (SSSR count). The molecule has 2 aliphatic heterocycles. The van der Waals surface area contributed by atoms with E-state index < -0.39 is 0 Å². The average molecular weight is 340 g/mol. The molecule has 0 amide bonds. The number of ether oxygens (including phenoxy) is 2. The summed E-state index contributed by atoms with van der Waals surface area (Å²) >= 11 is 0. The predicted octanol–water partition coefficient (Wildman–Crippen LogP) is 4.19. The van der Waals surface area contributed by atoms with Gasteiger partial charge in [0.2, 0.25) is 0 Å². The van der Waals surface area contributed by atoms with Crippen molar-refractivity contribution in [3.63, 3.8) is 0 Å². The molecular weight excluding hydrogens is 312 g/mol. The van der Waals surface area contributed by atoms with Crippen molar-refractivity contribution < 1.29 is 9.47 Å². The molecule has 0 N–H and O–H groups in total. The topological polar surface area (TPSA) is 34.6 Å². The molecule has 2 aromatic rings. The Labute approximate surface area is 150 Å². The van der Waals surface area contributed by atoms with Crippen LogP contribution in [0, 0.1) is 18.8 Å². The number of pyridine rings is 1. The Kier molecular flexibility index (Phi) is 4.80. The summed E-state index contributed by atoms with van der Waals surface area (Å²) in [5.74, 6) is 2.34. The lowest BCUT2D eigenvalue weighted by Gasteiger charge is -2.30. The lowest BCUT2D eigenvalue weighted by Crippen LogP contribution is -2.32. The number of methoxy groups -OCH3 is 1. The quantitative estimate of drug-likeness (QED) is 0.839. The summed E-state index contributed by atoms with van der Waals surface area (Å²) in [5, 5.41) is 1.23. The molecule has 4 nitrogen and oxygen atoms in total. The summed E-state index contributed by atoms with van der Waals surface area (Å²) < 4.78 is 11.0. The summed E-state index contributed by atoms with van der Waals surface area (Å²) in [5.41, 5.74) is 3.43. The van der Waals surface area contributed by atoms with Crippen LogP contribution in [0.5, 0.6) is 5.75 Å². The van der Waals surface area contributed by atoms with Crippen molar-refractivity contribution in [3.05, 3.63) is 30.0 Å².